The van der Waals surface area contributed by atoms with Crippen molar-refractivity contribution in [3.8, 4) is 11.5 Å². The topological polar surface area (TPSA) is 98.1 Å². The highest BCUT2D eigenvalue weighted by Crippen LogP contribution is 2.34. The maximum absolute atomic E-state index is 12.7. The Balaban J connectivity index is 1.38. The van der Waals surface area contributed by atoms with Crippen LogP contribution in [-0.2, 0) is 4.79 Å². The number of rotatable bonds is 7. The van der Waals surface area contributed by atoms with Gasteiger partial charge in [-0.2, -0.15) is 0 Å². The predicted molar refractivity (Wildman–Crippen MR) is 121 cm³/mol. The molecule has 1 aliphatic heterocycles. The van der Waals surface area contributed by atoms with Gasteiger partial charge in [0, 0.05) is 18.5 Å². The van der Waals surface area contributed by atoms with Gasteiger partial charge in [-0.25, -0.2) is 0 Å². The fourth-order valence-corrected chi connectivity index (χ4v) is 4.11. The summed E-state index contributed by atoms with van der Waals surface area (Å²) in [6, 6.07) is 14.2. The summed E-state index contributed by atoms with van der Waals surface area (Å²) in [5.74, 6) is 0.447. The average Bonchev–Trinajstić information content (AvgIpc) is 3.35. The number of carbonyl (C=O) groups is 3. The number of imide groups is 1. The van der Waals surface area contributed by atoms with Crippen LogP contribution in [0.15, 0.2) is 57.9 Å². The molecule has 0 bridgehead atoms. The van der Waals surface area contributed by atoms with Crippen molar-refractivity contribution in [1.82, 2.24) is 10.2 Å². The second-order valence-electron chi connectivity index (χ2n) is 6.85. The van der Waals surface area contributed by atoms with Crippen LogP contribution in [0.1, 0.15) is 16.1 Å². The Labute approximate surface area is 188 Å². The summed E-state index contributed by atoms with van der Waals surface area (Å²) in [7, 11) is 3.06. The molecule has 4 rings (SSSR count). The van der Waals surface area contributed by atoms with E-state index in [0.717, 1.165) is 22.0 Å². The smallest absolute Gasteiger partial charge is 0.293 e. The van der Waals surface area contributed by atoms with Gasteiger partial charge in [-0.3, -0.25) is 19.3 Å². The van der Waals surface area contributed by atoms with E-state index in [1.165, 1.54) is 14.2 Å². The highest BCUT2D eigenvalue weighted by atomic mass is 32.2. The summed E-state index contributed by atoms with van der Waals surface area (Å²) in [4.78, 5) is 38.8. The monoisotopic (exact) mass is 452 g/mol. The van der Waals surface area contributed by atoms with Gasteiger partial charge in [0.25, 0.3) is 17.1 Å². The van der Waals surface area contributed by atoms with Gasteiger partial charge in [0.2, 0.25) is 0 Å². The molecule has 164 valence electrons. The van der Waals surface area contributed by atoms with Crippen LogP contribution in [0.4, 0.5) is 4.79 Å². The Morgan fingerprint density at radius 1 is 1.09 bits per heavy atom. The lowest BCUT2D eigenvalue weighted by Crippen LogP contribution is -2.37. The number of nitrogens with zero attached hydrogens (tertiary/aromatic N) is 1. The van der Waals surface area contributed by atoms with Crippen molar-refractivity contribution in [3.63, 3.8) is 0 Å². The molecule has 3 aromatic rings. The molecule has 1 fully saturated rings. The first-order valence-electron chi connectivity index (χ1n) is 9.74. The summed E-state index contributed by atoms with van der Waals surface area (Å²) in [5, 5.41) is 3.12. The van der Waals surface area contributed by atoms with E-state index in [2.05, 4.69) is 5.32 Å². The summed E-state index contributed by atoms with van der Waals surface area (Å²) >= 11 is 0.853. The van der Waals surface area contributed by atoms with Crippen molar-refractivity contribution in [3.05, 3.63) is 64.8 Å². The fraction of sp³-hybridized carbons (Fsp3) is 0.174. The molecule has 2 aromatic carbocycles. The number of nitrogens with one attached hydrogen (secondary N) is 1. The van der Waals surface area contributed by atoms with Crippen LogP contribution in [0.2, 0.25) is 0 Å². The lowest BCUT2D eigenvalue weighted by atomic mass is 10.2. The zero-order chi connectivity index (χ0) is 22.7. The molecule has 2 heterocycles. The summed E-state index contributed by atoms with van der Waals surface area (Å²) < 4.78 is 16.0. The molecular formula is C23H20N2O6S. The lowest BCUT2D eigenvalue weighted by Gasteiger charge is -2.12. The SMILES string of the molecule is COc1ccc(/C=C2\SC(=O)N(CCNC(=O)c3cc4ccccc4o3)C2=O)cc1OC. The van der Waals surface area contributed by atoms with E-state index in [9.17, 15) is 14.4 Å². The number of carbonyl (C=O) groups excluding carboxylic acids is 3. The molecule has 9 heteroatoms. The minimum atomic E-state index is -0.409. The van der Waals surface area contributed by atoms with E-state index in [0.29, 0.717) is 27.6 Å². The van der Waals surface area contributed by atoms with Gasteiger partial charge in [-0.1, -0.05) is 24.3 Å². The van der Waals surface area contributed by atoms with Crippen LogP contribution >= 0.6 is 11.8 Å². The second kappa shape index (κ2) is 9.19. The second-order valence-corrected chi connectivity index (χ2v) is 7.85. The van der Waals surface area contributed by atoms with Crippen molar-refractivity contribution in [1.29, 1.82) is 0 Å². The van der Waals surface area contributed by atoms with E-state index < -0.39 is 11.8 Å². The zero-order valence-corrected chi connectivity index (χ0v) is 18.2. The third-order valence-corrected chi connectivity index (χ3v) is 5.76. The number of ether oxygens (including phenoxy) is 2. The molecule has 0 aliphatic carbocycles. The van der Waals surface area contributed by atoms with Crippen molar-refractivity contribution >= 4 is 45.9 Å². The molecule has 8 nitrogen and oxygen atoms in total. The van der Waals surface area contributed by atoms with E-state index in [1.54, 1.807) is 36.4 Å². The quantitative estimate of drug-likeness (QED) is 0.543. The molecule has 1 N–H and O–H groups in total. The van der Waals surface area contributed by atoms with Gasteiger partial charge < -0.3 is 19.2 Å². The Morgan fingerprint density at radius 3 is 2.62 bits per heavy atom. The predicted octanol–water partition coefficient (Wildman–Crippen LogP) is 3.92. The van der Waals surface area contributed by atoms with Gasteiger partial charge in [-0.15, -0.1) is 0 Å². The summed E-state index contributed by atoms with van der Waals surface area (Å²) in [6.07, 6.45) is 1.62. The maximum atomic E-state index is 12.7. The summed E-state index contributed by atoms with van der Waals surface area (Å²) in [6.45, 7) is 0.164. The van der Waals surface area contributed by atoms with E-state index in [1.807, 2.05) is 18.2 Å². The fourth-order valence-electron chi connectivity index (χ4n) is 3.25. The minimum Gasteiger partial charge on any atom is -0.493 e. The van der Waals surface area contributed by atoms with Gasteiger partial charge >= 0.3 is 0 Å². The number of fused-ring (bicyclic) bond motifs is 1. The summed E-state index contributed by atoms with van der Waals surface area (Å²) in [5.41, 5.74) is 1.32. The van der Waals surface area contributed by atoms with Crippen LogP contribution in [0.3, 0.4) is 0 Å². The van der Waals surface area contributed by atoms with Gasteiger partial charge in [0.1, 0.15) is 5.58 Å². The molecule has 0 atom stereocenters. The third-order valence-electron chi connectivity index (χ3n) is 4.85. The number of para-hydroxylation sites is 1. The Bertz CT molecular complexity index is 1200. The van der Waals surface area contributed by atoms with Crippen LogP contribution < -0.4 is 14.8 Å². The van der Waals surface area contributed by atoms with Crippen LogP contribution in [0.5, 0.6) is 11.5 Å². The molecule has 0 saturated carbocycles. The van der Waals surface area contributed by atoms with E-state index >= 15 is 0 Å². The molecule has 32 heavy (non-hydrogen) atoms. The average molecular weight is 452 g/mol. The molecule has 1 aliphatic rings. The van der Waals surface area contributed by atoms with Gasteiger partial charge in [0.15, 0.2) is 17.3 Å². The largest absolute Gasteiger partial charge is 0.493 e. The minimum absolute atomic E-state index is 0.0555. The Hall–Kier alpha value is -3.72. The van der Waals surface area contributed by atoms with Crippen LogP contribution in [0, 0.1) is 0 Å². The van der Waals surface area contributed by atoms with Crippen molar-refractivity contribution < 1.29 is 28.3 Å². The molecule has 0 spiro atoms. The Morgan fingerprint density at radius 2 is 1.88 bits per heavy atom. The normalized spacial score (nSPS) is 14.9. The van der Waals surface area contributed by atoms with Crippen molar-refractivity contribution in [2.45, 2.75) is 0 Å². The Kier molecular flexibility index (Phi) is 6.18. The molecular weight excluding hydrogens is 432 g/mol. The van der Waals surface area contributed by atoms with Crippen LogP contribution in [0.25, 0.3) is 17.0 Å². The number of hydrogen-bond acceptors (Lipinski definition) is 7. The number of furan rings is 1. The highest BCUT2D eigenvalue weighted by Gasteiger charge is 2.34. The third kappa shape index (κ3) is 4.33. The number of amides is 3. The zero-order valence-electron chi connectivity index (χ0n) is 17.4. The molecule has 1 aromatic heterocycles. The number of benzene rings is 2. The molecule has 1 saturated heterocycles. The molecule has 0 radical (unpaired) electrons. The van der Waals surface area contributed by atoms with Crippen molar-refractivity contribution in [2.24, 2.45) is 0 Å². The standard InChI is InChI=1S/C23H20N2O6S/c1-29-17-8-7-14(11-18(17)30-2)12-20-22(27)25(23(28)32-20)10-9-24-21(26)19-13-15-5-3-4-6-16(15)31-19/h3-8,11-13H,9-10H2,1-2H3,(H,24,26)/b20-12-. The molecule has 0 unspecified atom stereocenters. The first-order chi connectivity index (χ1) is 15.5. The first kappa shape index (κ1) is 21.5. The van der Waals surface area contributed by atoms with E-state index in [4.69, 9.17) is 13.9 Å². The lowest BCUT2D eigenvalue weighted by molar-refractivity contribution is -0.122. The van der Waals surface area contributed by atoms with Gasteiger partial charge in [0.05, 0.1) is 19.1 Å². The number of hydrogen-bond donors (Lipinski definition) is 1. The first-order valence-corrected chi connectivity index (χ1v) is 10.6. The number of thioether (sulfide) groups is 1. The van der Waals surface area contributed by atoms with Gasteiger partial charge in [-0.05, 0) is 47.7 Å². The molecule has 3 amide bonds. The van der Waals surface area contributed by atoms with Crippen LogP contribution in [-0.4, -0.2) is 49.3 Å². The maximum Gasteiger partial charge on any atom is 0.293 e. The number of methoxy groups -OCH3 is 2. The van der Waals surface area contributed by atoms with Crippen molar-refractivity contribution in [2.75, 3.05) is 27.3 Å². The highest BCUT2D eigenvalue weighted by molar-refractivity contribution is 8.18. The van der Waals surface area contributed by atoms with E-state index in [-0.39, 0.29) is 24.1 Å².